The molecule has 3 aliphatic rings. The van der Waals surface area contributed by atoms with Gasteiger partial charge < -0.3 is 9.47 Å². The van der Waals surface area contributed by atoms with E-state index < -0.39 is 47.7 Å². The van der Waals surface area contributed by atoms with Crippen molar-refractivity contribution in [2.75, 3.05) is 18.6 Å². The lowest BCUT2D eigenvalue weighted by Gasteiger charge is -2.33. The molecule has 2 aromatic carbocycles. The number of para-hydroxylation sites is 1. The molecule has 33 heavy (non-hydrogen) atoms. The quantitative estimate of drug-likeness (QED) is 0.521. The van der Waals surface area contributed by atoms with Crippen LogP contribution in [0.2, 0.25) is 0 Å². The smallest absolute Gasteiger partial charge is 0.339 e. The first kappa shape index (κ1) is 20.9. The molecule has 4 atom stereocenters. The van der Waals surface area contributed by atoms with E-state index in [1.165, 1.54) is 24.3 Å². The van der Waals surface area contributed by atoms with Crippen LogP contribution in [-0.2, 0) is 23.9 Å². The first-order chi connectivity index (χ1) is 16.0. The Balaban J connectivity index is 1.65. The van der Waals surface area contributed by atoms with Crippen LogP contribution >= 0.6 is 0 Å². The molecule has 9 nitrogen and oxygen atoms in total. The van der Waals surface area contributed by atoms with E-state index in [9.17, 15) is 19.2 Å². The minimum absolute atomic E-state index is 0.0910. The van der Waals surface area contributed by atoms with Gasteiger partial charge in [0.1, 0.15) is 0 Å². The number of fused-ring (bicyclic) bond motifs is 5. The van der Waals surface area contributed by atoms with Gasteiger partial charge in [0.25, 0.3) is 0 Å². The average molecular weight is 447 g/mol. The predicted molar refractivity (Wildman–Crippen MR) is 116 cm³/mol. The maximum atomic E-state index is 13.8. The van der Waals surface area contributed by atoms with E-state index in [4.69, 9.17) is 9.47 Å². The fourth-order valence-corrected chi connectivity index (χ4v) is 5.06. The molecule has 2 amide bonds. The summed E-state index contributed by atoms with van der Waals surface area (Å²) in [7, 11) is 1.23. The third kappa shape index (κ3) is 2.95. The van der Waals surface area contributed by atoms with Crippen LogP contribution in [0, 0.1) is 11.8 Å². The van der Waals surface area contributed by atoms with Gasteiger partial charge in [-0.2, -0.15) is 5.10 Å². The number of amides is 2. The van der Waals surface area contributed by atoms with Crippen molar-refractivity contribution in [1.29, 1.82) is 0 Å². The Morgan fingerprint density at radius 3 is 2.45 bits per heavy atom. The zero-order valence-electron chi connectivity index (χ0n) is 18.0. The SMILES string of the molecule is CCOC(=O)[C@H]1[C@H]2C(=O)N(c3ccccc3C(=O)OC)C(=O)[C@H]2[C@@H]2c3ccccc3C=NN12. The van der Waals surface area contributed by atoms with E-state index in [-0.39, 0.29) is 17.9 Å². The largest absolute Gasteiger partial charge is 0.465 e. The summed E-state index contributed by atoms with van der Waals surface area (Å²) in [4.78, 5) is 53.8. The molecule has 0 aliphatic carbocycles. The van der Waals surface area contributed by atoms with Gasteiger partial charge in [-0.15, -0.1) is 0 Å². The predicted octanol–water partition coefficient (Wildman–Crippen LogP) is 1.91. The van der Waals surface area contributed by atoms with E-state index in [0.717, 1.165) is 16.0 Å². The normalized spacial score (nSPS) is 24.9. The lowest BCUT2D eigenvalue weighted by Crippen LogP contribution is -2.45. The third-order valence-electron chi connectivity index (χ3n) is 6.37. The Morgan fingerprint density at radius 1 is 1.00 bits per heavy atom. The fraction of sp³-hybridized carbons (Fsp3) is 0.292. The summed E-state index contributed by atoms with van der Waals surface area (Å²) in [6.45, 7) is 1.81. The van der Waals surface area contributed by atoms with Gasteiger partial charge in [0, 0.05) is 0 Å². The topological polar surface area (TPSA) is 106 Å². The molecule has 0 unspecified atom stereocenters. The Morgan fingerprint density at radius 2 is 1.70 bits per heavy atom. The number of ether oxygens (including phenoxy) is 2. The second-order valence-electron chi connectivity index (χ2n) is 7.97. The monoisotopic (exact) mass is 447 g/mol. The average Bonchev–Trinajstić information content (AvgIpc) is 3.31. The first-order valence-corrected chi connectivity index (χ1v) is 10.6. The molecular weight excluding hydrogens is 426 g/mol. The summed E-state index contributed by atoms with van der Waals surface area (Å²) in [6.07, 6.45) is 1.62. The summed E-state index contributed by atoms with van der Waals surface area (Å²) in [5.74, 6) is -4.21. The highest BCUT2D eigenvalue weighted by molar-refractivity contribution is 6.25. The van der Waals surface area contributed by atoms with Crippen molar-refractivity contribution in [1.82, 2.24) is 5.01 Å². The molecule has 9 heteroatoms. The van der Waals surface area contributed by atoms with Crippen LogP contribution < -0.4 is 4.90 Å². The van der Waals surface area contributed by atoms with Crippen LogP contribution in [0.4, 0.5) is 5.69 Å². The highest BCUT2D eigenvalue weighted by Gasteiger charge is 2.66. The molecule has 0 bridgehead atoms. The number of benzene rings is 2. The molecule has 0 N–H and O–H groups in total. The van der Waals surface area contributed by atoms with Crippen LogP contribution in [0.25, 0.3) is 0 Å². The zero-order chi connectivity index (χ0) is 23.3. The Labute approximate surface area is 189 Å². The summed E-state index contributed by atoms with van der Waals surface area (Å²) in [6, 6.07) is 12.0. The summed E-state index contributed by atoms with van der Waals surface area (Å²) >= 11 is 0. The van der Waals surface area contributed by atoms with Crippen LogP contribution in [-0.4, -0.2) is 54.7 Å². The third-order valence-corrected chi connectivity index (χ3v) is 6.37. The van der Waals surface area contributed by atoms with Gasteiger partial charge in [-0.25, -0.2) is 14.5 Å². The number of nitrogens with zero attached hydrogens (tertiary/aromatic N) is 3. The maximum absolute atomic E-state index is 13.8. The number of methoxy groups -OCH3 is 1. The van der Waals surface area contributed by atoms with Gasteiger partial charge in [-0.1, -0.05) is 36.4 Å². The van der Waals surface area contributed by atoms with E-state index in [1.807, 2.05) is 24.3 Å². The van der Waals surface area contributed by atoms with Crippen LogP contribution in [0.1, 0.15) is 34.5 Å². The standard InChI is InChI=1S/C24H21N3O6/c1-3-33-24(31)20-18-17(19-14-9-5-4-8-13(14)12-25-27(19)20)21(28)26(22(18)29)16-11-7-6-10-15(16)23(30)32-2/h4-12,17-20H,3H2,1-2H3/t17-,18+,19+,20-/m1/s1. The molecular formula is C24H21N3O6. The Kier molecular flexibility index (Phi) is 4.96. The summed E-state index contributed by atoms with van der Waals surface area (Å²) < 4.78 is 10.1. The molecule has 0 spiro atoms. The molecule has 5 rings (SSSR count). The molecule has 0 radical (unpaired) electrons. The second kappa shape index (κ2) is 7.84. The Bertz CT molecular complexity index is 1210. The van der Waals surface area contributed by atoms with E-state index in [0.29, 0.717) is 0 Å². The van der Waals surface area contributed by atoms with Crippen molar-refractivity contribution in [3.63, 3.8) is 0 Å². The molecule has 2 aromatic rings. The molecule has 2 fully saturated rings. The number of carbonyl (C=O) groups excluding carboxylic acids is 4. The number of hydrazone groups is 1. The van der Waals surface area contributed by atoms with Crippen molar-refractivity contribution < 1.29 is 28.7 Å². The molecule has 168 valence electrons. The number of rotatable bonds is 4. The van der Waals surface area contributed by atoms with Gasteiger partial charge in [0.05, 0.1) is 49.1 Å². The molecule has 3 aliphatic heterocycles. The van der Waals surface area contributed by atoms with Crippen molar-refractivity contribution in [2.24, 2.45) is 16.9 Å². The van der Waals surface area contributed by atoms with Gasteiger partial charge >= 0.3 is 11.9 Å². The number of anilines is 1. The zero-order valence-corrected chi connectivity index (χ0v) is 18.0. The van der Waals surface area contributed by atoms with E-state index in [2.05, 4.69) is 5.10 Å². The van der Waals surface area contributed by atoms with Crippen molar-refractivity contribution in [2.45, 2.75) is 19.0 Å². The first-order valence-electron chi connectivity index (χ1n) is 10.6. The van der Waals surface area contributed by atoms with E-state index >= 15 is 0 Å². The highest BCUT2D eigenvalue weighted by atomic mass is 16.5. The lowest BCUT2D eigenvalue weighted by atomic mass is 9.85. The molecule has 3 heterocycles. The second-order valence-corrected chi connectivity index (χ2v) is 7.97. The van der Waals surface area contributed by atoms with E-state index in [1.54, 1.807) is 25.3 Å². The van der Waals surface area contributed by atoms with Crippen LogP contribution in [0.15, 0.2) is 53.6 Å². The molecule has 0 saturated carbocycles. The number of carbonyl (C=O) groups is 4. The van der Waals surface area contributed by atoms with Crippen LogP contribution in [0.3, 0.4) is 0 Å². The van der Waals surface area contributed by atoms with Crippen molar-refractivity contribution in [3.05, 3.63) is 65.2 Å². The molecule has 2 saturated heterocycles. The number of hydrogen-bond acceptors (Lipinski definition) is 8. The van der Waals surface area contributed by atoms with Crippen molar-refractivity contribution >= 4 is 35.7 Å². The van der Waals surface area contributed by atoms with Gasteiger partial charge in [0.2, 0.25) is 11.8 Å². The maximum Gasteiger partial charge on any atom is 0.339 e. The number of esters is 2. The fourth-order valence-electron chi connectivity index (χ4n) is 5.06. The van der Waals surface area contributed by atoms with Crippen LogP contribution in [0.5, 0.6) is 0 Å². The summed E-state index contributed by atoms with van der Waals surface area (Å²) in [5, 5.41) is 5.96. The number of hydrogen-bond donors (Lipinski definition) is 0. The van der Waals surface area contributed by atoms with Gasteiger partial charge in [-0.05, 0) is 30.2 Å². The molecule has 0 aromatic heterocycles. The Hall–Kier alpha value is -4.01. The number of imide groups is 1. The van der Waals surface area contributed by atoms with Gasteiger partial charge in [-0.3, -0.25) is 14.6 Å². The van der Waals surface area contributed by atoms with Crippen molar-refractivity contribution in [3.8, 4) is 0 Å². The minimum atomic E-state index is -1.06. The minimum Gasteiger partial charge on any atom is -0.465 e. The summed E-state index contributed by atoms with van der Waals surface area (Å²) in [5.41, 5.74) is 1.85. The lowest BCUT2D eigenvalue weighted by molar-refractivity contribution is -0.152. The highest BCUT2D eigenvalue weighted by Crippen LogP contribution is 2.53. The van der Waals surface area contributed by atoms with Gasteiger partial charge in [0.15, 0.2) is 6.04 Å².